The molecular weight excluding hydrogens is 283 g/mol. The molecule has 0 saturated carbocycles. The molecule has 0 fully saturated rings. The maximum absolute atomic E-state index is 12.4. The van der Waals surface area contributed by atoms with Crippen LogP contribution in [0.2, 0.25) is 0 Å². The highest BCUT2D eigenvalue weighted by atomic mass is 19.4. The fourth-order valence-corrected chi connectivity index (χ4v) is 1.94. The molecule has 0 amide bonds. The normalized spacial score (nSPS) is 11.3. The Kier molecular flexibility index (Phi) is 3.97. The molecule has 1 aromatic carbocycles. The average molecular weight is 295 g/mol. The number of aryl methyl sites for hydroxylation is 2. The predicted octanol–water partition coefficient (Wildman–Crippen LogP) is 3.83. The lowest BCUT2D eigenvalue weighted by Crippen LogP contribution is -2.19. The summed E-state index contributed by atoms with van der Waals surface area (Å²) in [6.07, 6.45) is -4.85. The van der Waals surface area contributed by atoms with Crippen molar-refractivity contribution in [1.82, 2.24) is 4.98 Å². The third-order valence-corrected chi connectivity index (χ3v) is 2.83. The predicted molar refractivity (Wildman–Crippen MR) is 70.3 cm³/mol. The maximum Gasteiger partial charge on any atom is 0.573 e. The Labute approximate surface area is 119 Å². The first-order valence-electron chi connectivity index (χ1n) is 6.11. The monoisotopic (exact) mass is 295 g/mol. The molecule has 0 bridgehead atoms. The van der Waals surface area contributed by atoms with Crippen molar-refractivity contribution in [3.05, 3.63) is 58.9 Å². The van der Waals surface area contributed by atoms with E-state index in [9.17, 15) is 18.0 Å². The van der Waals surface area contributed by atoms with E-state index in [0.29, 0.717) is 5.69 Å². The van der Waals surface area contributed by atoms with Crippen LogP contribution in [0.25, 0.3) is 0 Å². The van der Waals surface area contributed by atoms with Crippen LogP contribution in [-0.2, 0) is 0 Å². The van der Waals surface area contributed by atoms with E-state index in [1.54, 1.807) is 26.0 Å². The van der Waals surface area contributed by atoms with Crippen LogP contribution in [0.5, 0.6) is 5.75 Å². The maximum atomic E-state index is 12.4. The summed E-state index contributed by atoms with van der Waals surface area (Å²) in [6.45, 7) is 3.40. The number of halogens is 3. The second kappa shape index (κ2) is 5.55. The Bertz CT molecular complexity index is 681. The molecule has 2 rings (SSSR count). The highest BCUT2D eigenvalue weighted by Gasteiger charge is 2.33. The second-order valence-corrected chi connectivity index (χ2v) is 4.46. The van der Waals surface area contributed by atoms with Gasteiger partial charge in [-0.05, 0) is 38.1 Å². The SMILES string of the molecule is Cc1ccc(C(=O)c2ccccc2OC(F)(F)F)c(C)n1. The molecule has 0 N–H and O–H groups in total. The number of benzene rings is 1. The van der Waals surface area contributed by atoms with Gasteiger partial charge in [0.05, 0.1) is 5.56 Å². The van der Waals surface area contributed by atoms with Gasteiger partial charge < -0.3 is 4.74 Å². The number of para-hydroxylation sites is 1. The van der Waals surface area contributed by atoms with E-state index < -0.39 is 17.9 Å². The summed E-state index contributed by atoms with van der Waals surface area (Å²) in [5.41, 5.74) is 1.29. The third kappa shape index (κ3) is 3.59. The molecule has 0 aliphatic heterocycles. The zero-order chi connectivity index (χ0) is 15.6. The van der Waals surface area contributed by atoms with Crippen LogP contribution in [0, 0.1) is 13.8 Å². The van der Waals surface area contributed by atoms with Crippen LogP contribution >= 0.6 is 0 Å². The molecule has 0 saturated heterocycles. The zero-order valence-electron chi connectivity index (χ0n) is 11.4. The first-order valence-corrected chi connectivity index (χ1v) is 6.11. The van der Waals surface area contributed by atoms with Crippen molar-refractivity contribution < 1.29 is 22.7 Å². The number of pyridine rings is 1. The summed E-state index contributed by atoms with van der Waals surface area (Å²) in [6, 6.07) is 8.43. The smallest absolute Gasteiger partial charge is 0.405 e. The van der Waals surface area contributed by atoms with Gasteiger partial charge in [0.25, 0.3) is 0 Å². The Balaban J connectivity index is 2.44. The van der Waals surface area contributed by atoms with E-state index in [1.165, 1.54) is 18.2 Å². The molecule has 6 heteroatoms. The molecule has 0 radical (unpaired) electrons. The van der Waals surface area contributed by atoms with Gasteiger partial charge in [-0.1, -0.05) is 12.1 Å². The van der Waals surface area contributed by atoms with Gasteiger partial charge in [-0.3, -0.25) is 9.78 Å². The first kappa shape index (κ1) is 15.0. The summed E-state index contributed by atoms with van der Waals surface area (Å²) in [5.74, 6) is -1.07. The quantitative estimate of drug-likeness (QED) is 0.808. The van der Waals surface area contributed by atoms with Crippen LogP contribution in [-0.4, -0.2) is 17.1 Å². The molecule has 0 aliphatic rings. The number of alkyl halides is 3. The Morgan fingerprint density at radius 1 is 1.05 bits per heavy atom. The molecule has 0 unspecified atom stereocenters. The Morgan fingerprint density at radius 3 is 2.33 bits per heavy atom. The second-order valence-electron chi connectivity index (χ2n) is 4.46. The third-order valence-electron chi connectivity index (χ3n) is 2.83. The number of ether oxygens (including phenoxy) is 1. The molecule has 0 atom stereocenters. The summed E-state index contributed by atoms with van der Waals surface area (Å²) >= 11 is 0. The molecule has 1 aromatic heterocycles. The van der Waals surface area contributed by atoms with Crippen LogP contribution < -0.4 is 4.74 Å². The van der Waals surface area contributed by atoms with E-state index in [1.807, 2.05) is 0 Å². The van der Waals surface area contributed by atoms with Gasteiger partial charge in [-0.15, -0.1) is 13.2 Å². The highest BCUT2D eigenvalue weighted by Crippen LogP contribution is 2.28. The minimum Gasteiger partial charge on any atom is -0.405 e. The van der Waals surface area contributed by atoms with E-state index in [0.717, 1.165) is 11.8 Å². The van der Waals surface area contributed by atoms with Gasteiger partial charge in [0.2, 0.25) is 0 Å². The van der Waals surface area contributed by atoms with Gasteiger partial charge in [-0.2, -0.15) is 0 Å². The molecular formula is C15H12F3NO2. The fraction of sp³-hybridized carbons (Fsp3) is 0.200. The van der Waals surface area contributed by atoms with Crippen LogP contribution in [0.1, 0.15) is 27.3 Å². The molecule has 3 nitrogen and oxygen atoms in total. The number of carbonyl (C=O) groups excluding carboxylic acids is 1. The van der Waals surface area contributed by atoms with Crippen molar-refractivity contribution in [1.29, 1.82) is 0 Å². The van der Waals surface area contributed by atoms with Crippen molar-refractivity contribution in [3.8, 4) is 5.75 Å². The number of aromatic nitrogens is 1. The topological polar surface area (TPSA) is 39.2 Å². The lowest BCUT2D eigenvalue weighted by atomic mass is 10.0. The van der Waals surface area contributed by atoms with E-state index >= 15 is 0 Å². The van der Waals surface area contributed by atoms with Gasteiger partial charge in [0.15, 0.2) is 5.78 Å². The number of rotatable bonds is 3. The lowest BCUT2D eigenvalue weighted by molar-refractivity contribution is -0.274. The van der Waals surface area contributed by atoms with E-state index in [2.05, 4.69) is 9.72 Å². The van der Waals surface area contributed by atoms with Crippen molar-refractivity contribution >= 4 is 5.78 Å². The summed E-state index contributed by atoms with van der Waals surface area (Å²) < 4.78 is 41.0. The van der Waals surface area contributed by atoms with Crippen LogP contribution in [0.4, 0.5) is 13.2 Å². The average Bonchev–Trinajstić information content (AvgIpc) is 2.36. The molecule has 1 heterocycles. The van der Waals surface area contributed by atoms with Crippen molar-refractivity contribution in [3.63, 3.8) is 0 Å². The van der Waals surface area contributed by atoms with E-state index in [-0.39, 0.29) is 11.1 Å². The highest BCUT2D eigenvalue weighted by molar-refractivity contribution is 6.11. The molecule has 0 aliphatic carbocycles. The van der Waals surface area contributed by atoms with Crippen molar-refractivity contribution in [2.24, 2.45) is 0 Å². The Hall–Kier alpha value is -2.37. The first-order chi connectivity index (χ1) is 9.78. The fourth-order valence-electron chi connectivity index (χ4n) is 1.94. The van der Waals surface area contributed by atoms with Gasteiger partial charge in [0, 0.05) is 17.0 Å². The van der Waals surface area contributed by atoms with Crippen LogP contribution in [0.15, 0.2) is 36.4 Å². The molecule has 0 spiro atoms. The van der Waals surface area contributed by atoms with Crippen molar-refractivity contribution in [2.45, 2.75) is 20.2 Å². The number of ketones is 1. The standard InChI is InChI=1S/C15H12F3NO2/c1-9-7-8-11(10(2)19-9)14(20)12-5-3-4-6-13(12)21-15(16,17)18/h3-8H,1-2H3. The van der Waals surface area contributed by atoms with Gasteiger partial charge in [-0.25, -0.2) is 0 Å². The van der Waals surface area contributed by atoms with Crippen molar-refractivity contribution in [2.75, 3.05) is 0 Å². The van der Waals surface area contributed by atoms with E-state index in [4.69, 9.17) is 0 Å². The summed E-state index contributed by atoms with van der Waals surface area (Å²) in [4.78, 5) is 16.5. The summed E-state index contributed by atoms with van der Waals surface area (Å²) in [5, 5.41) is 0. The number of carbonyl (C=O) groups is 1. The lowest BCUT2D eigenvalue weighted by Gasteiger charge is -2.13. The minimum absolute atomic E-state index is 0.149. The number of hydrogen-bond donors (Lipinski definition) is 0. The number of nitrogens with zero attached hydrogens (tertiary/aromatic N) is 1. The van der Waals surface area contributed by atoms with Crippen LogP contribution in [0.3, 0.4) is 0 Å². The molecule has 110 valence electrons. The largest absolute Gasteiger partial charge is 0.573 e. The number of hydrogen-bond acceptors (Lipinski definition) is 3. The van der Waals surface area contributed by atoms with Gasteiger partial charge >= 0.3 is 6.36 Å². The molecule has 2 aromatic rings. The summed E-state index contributed by atoms with van der Waals surface area (Å²) in [7, 11) is 0. The molecule has 21 heavy (non-hydrogen) atoms. The Morgan fingerprint density at radius 2 is 1.71 bits per heavy atom. The zero-order valence-corrected chi connectivity index (χ0v) is 11.4. The van der Waals surface area contributed by atoms with Gasteiger partial charge in [0.1, 0.15) is 5.75 Å². The minimum atomic E-state index is -4.85.